The van der Waals surface area contributed by atoms with Crippen molar-refractivity contribution < 1.29 is 28.6 Å². The number of morpholine rings is 1. The molecule has 9 nitrogen and oxygen atoms in total. The van der Waals surface area contributed by atoms with Crippen molar-refractivity contribution in [1.29, 1.82) is 0 Å². The van der Waals surface area contributed by atoms with Gasteiger partial charge in [0.15, 0.2) is 10.8 Å². The first-order chi connectivity index (χ1) is 17.9. The highest BCUT2D eigenvalue weighted by molar-refractivity contribution is 7.11. The highest BCUT2D eigenvalue weighted by atomic mass is 32.1. The van der Waals surface area contributed by atoms with Crippen molar-refractivity contribution in [3.05, 3.63) is 75.1 Å². The Balaban J connectivity index is 1.78. The zero-order valence-corrected chi connectivity index (χ0v) is 20.8. The zero-order chi connectivity index (χ0) is 26.4. The molecule has 2 aliphatic heterocycles. The Labute approximate surface area is 217 Å². The maximum absolute atomic E-state index is 14.7. The summed E-state index contributed by atoms with van der Waals surface area (Å²) in [5.74, 6) is 0.568. The zero-order valence-electron chi connectivity index (χ0n) is 20.0. The molecule has 2 aliphatic rings. The van der Waals surface area contributed by atoms with Crippen molar-refractivity contribution in [1.82, 2.24) is 15.2 Å². The molecule has 1 saturated heterocycles. The second kappa shape index (κ2) is 11.9. The molecule has 2 atom stereocenters. The average Bonchev–Trinajstić information content (AvgIpc) is 3.42. The first-order valence-electron chi connectivity index (χ1n) is 11.6. The summed E-state index contributed by atoms with van der Waals surface area (Å²) in [7, 11) is 0. The first kappa shape index (κ1) is 26.2. The molecule has 3 heterocycles. The lowest BCUT2D eigenvalue weighted by atomic mass is 9.91. The lowest BCUT2D eigenvalue weighted by Crippen LogP contribution is -2.46. The summed E-state index contributed by atoms with van der Waals surface area (Å²) in [6.07, 6.45) is 9.39. The van der Waals surface area contributed by atoms with Gasteiger partial charge in [-0.1, -0.05) is 18.1 Å². The van der Waals surface area contributed by atoms with Crippen LogP contribution < -0.4 is 5.32 Å². The van der Waals surface area contributed by atoms with Crippen molar-refractivity contribution in [2.24, 2.45) is 4.99 Å². The van der Waals surface area contributed by atoms with Crippen LogP contribution in [0.25, 0.3) is 0 Å². The van der Waals surface area contributed by atoms with Crippen LogP contribution in [-0.2, 0) is 19.1 Å². The fourth-order valence-corrected chi connectivity index (χ4v) is 4.76. The number of rotatable bonds is 8. The lowest BCUT2D eigenvalue weighted by molar-refractivity contribution is -0.139. The number of halogens is 1. The number of aliphatic imine (C=N–C) groups is 1. The second-order valence-corrected chi connectivity index (χ2v) is 9.04. The molecule has 2 N–H and O–H groups in total. The first-order valence-corrected chi connectivity index (χ1v) is 12.4. The minimum Gasteiger partial charge on any atom is -0.478 e. The Morgan fingerprint density at radius 3 is 3.00 bits per heavy atom. The summed E-state index contributed by atoms with van der Waals surface area (Å²) in [6.45, 7) is 3.42. The molecule has 0 saturated carbocycles. The molecule has 0 spiro atoms. The number of aliphatic carboxylic acids is 1. The summed E-state index contributed by atoms with van der Waals surface area (Å²) < 4.78 is 25.7. The van der Waals surface area contributed by atoms with Gasteiger partial charge >= 0.3 is 11.9 Å². The lowest BCUT2D eigenvalue weighted by Gasteiger charge is -2.34. The van der Waals surface area contributed by atoms with Crippen LogP contribution in [-0.4, -0.2) is 71.7 Å². The maximum Gasteiger partial charge on any atom is 0.338 e. The van der Waals surface area contributed by atoms with Gasteiger partial charge in [-0.3, -0.25) is 9.89 Å². The van der Waals surface area contributed by atoms with E-state index in [2.05, 4.69) is 16.2 Å². The number of amidine groups is 1. The number of ether oxygens (including phenoxy) is 2. The molecule has 1 fully saturated rings. The third kappa shape index (κ3) is 6.11. The van der Waals surface area contributed by atoms with Crippen LogP contribution in [0.5, 0.6) is 0 Å². The molecule has 0 amide bonds. The Hall–Kier alpha value is -3.85. The number of hydrogen-bond acceptors (Lipinski definition) is 9. The van der Waals surface area contributed by atoms with E-state index in [0.29, 0.717) is 41.8 Å². The van der Waals surface area contributed by atoms with Gasteiger partial charge in [0, 0.05) is 43.0 Å². The molecule has 11 heteroatoms. The van der Waals surface area contributed by atoms with Crippen molar-refractivity contribution in [3.63, 3.8) is 0 Å². The highest BCUT2D eigenvalue weighted by Gasteiger charge is 2.35. The molecule has 1 aromatic carbocycles. The van der Waals surface area contributed by atoms with Gasteiger partial charge < -0.3 is 19.9 Å². The van der Waals surface area contributed by atoms with Gasteiger partial charge in [0.1, 0.15) is 11.9 Å². The van der Waals surface area contributed by atoms with E-state index in [-0.39, 0.29) is 24.3 Å². The van der Waals surface area contributed by atoms with E-state index in [1.165, 1.54) is 29.5 Å². The van der Waals surface area contributed by atoms with Crippen LogP contribution in [0.1, 0.15) is 29.1 Å². The third-order valence-electron chi connectivity index (χ3n) is 5.75. The van der Waals surface area contributed by atoms with Crippen molar-refractivity contribution in [3.8, 4) is 12.3 Å². The van der Waals surface area contributed by atoms with E-state index in [1.54, 1.807) is 24.6 Å². The molecule has 192 valence electrons. The van der Waals surface area contributed by atoms with Gasteiger partial charge in [0.2, 0.25) is 0 Å². The van der Waals surface area contributed by atoms with E-state index in [4.69, 9.17) is 26.0 Å². The SMILES string of the molecule is C#Cc1c(F)cccc1[C@@H]1N=C(c2nccs2)NC(CN2CCO[C@H](/C=C/C(=O)O)C2)=C1C(=O)OCC. The molecule has 4 rings (SSSR count). The van der Waals surface area contributed by atoms with Crippen molar-refractivity contribution in [2.45, 2.75) is 19.1 Å². The summed E-state index contributed by atoms with van der Waals surface area (Å²) in [6, 6.07) is 3.50. The van der Waals surface area contributed by atoms with Gasteiger partial charge in [-0.15, -0.1) is 17.8 Å². The Morgan fingerprint density at radius 1 is 1.46 bits per heavy atom. The quantitative estimate of drug-likeness (QED) is 0.308. The fraction of sp³-hybridized carbons (Fsp3) is 0.308. The average molecular weight is 525 g/mol. The normalized spacial score (nSPS) is 20.3. The number of aromatic nitrogens is 1. The van der Waals surface area contributed by atoms with E-state index >= 15 is 0 Å². The standard InChI is InChI=1S/C26H25FN4O5S/c1-3-17-18(6-5-7-19(17)27)23-22(26(34)35-4-2)20(29-24(30-23)25-28-10-13-37-25)15-31-11-12-36-16(14-31)8-9-21(32)33/h1,5-10,13,16,23H,4,11-12,14-15H2,2H3,(H,29,30)(H,32,33)/b9-8+/t16-,23+/m1/s1. The number of carbonyl (C=O) groups is 2. The number of esters is 1. The van der Waals surface area contributed by atoms with Gasteiger partial charge in [0.05, 0.1) is 30.5 Å². The van der Waals surface area contributed by atoms with Crippen LogP contribution in [0, 0.1) is 18.2 Å². The fourth-order valence-electron chi connectivity index (χ4n) is 4.17. The Morgan fingerprint density at radius 2 is 2.30 bits per heavy atom. The summed E-state index contributed by atoms with van der Waals surface area (Å²) in [5, 5.41) is 14.6. The van der Waals surface area contributed by atoms with Crippen LogP contribution in [0.4, 0.5) is 4.39 Å². The van der Waals surface area contributed by atoms with Crippen LogP contribution in [0.3, 0.4) is 0 Å². The van der Waals surface area contributed by atoms with Crippen LogP contribution in [0.15, 0.2) is 58.2 Å². The predicted molar refractivity (Wildman–Crippen MR) is 135 cm³/mol. The third-order valence-corrected chi connectivity index (χ3v) is 6.53. The summed E-state index contributed by atoms with van der Waals surface area (Å²) >= 11 is 1.36. The number of terminal acetylenes is 1. The molecule has 37 heavy (non-hydrogen) atoms. The highest BCUT2D eigenvalue weighted by Crippen LogP contribution is 2.35. The van der Waals surface area contributed by atoms with Gasteiger partial charge in [0.25, 0.3) is 0 Å². The Bertz CT molecular complexity index is 1300. The Kier molecular flexibility index (Phi) is 8.45. The van der Waals surface area contributed by atoms with E-state index in [9.17, 15) is 14.0 Å². The molecule has 0 aliphatic carbocycles. The van der Waals surface area contributed by atoms with Gasteiger partial charge in [-0.25, -0.2) is 19.0 Å². The van der Waals surface area contributed by atoms with Gasteiger partial charge in [-0.2, -0.15) is 0 Å². The molecule has 0 radical (unpaired) electrons. The van der Waals surface area contributed by atoms with E-state index in [0.717, 1.165) is 6.08 Å². The summed E-state index contributed by atoms with van der Waals surface area (Å²) in [5.41, 5.74) is 1.11. The minimum absolute atomic E-state index is 0.0167. The number of thiazole rings is 1. The smallest absolute Gasteiger partial charge is 0.338 e. The molecular weight excluding hydrogens is 499 g/mol. The number of carbonyl (C=O) groups excluding carboxylic acids is 1. The van der Waals surface area contributed by atoms with Crippen LogP contribution in [0.2, 0.25) is 0 Å². The number of carboxylic acids is 1. The maximum atomic E-state index is 14.7. The minimum atomic E-state index is -1.06. The number of hydrogen-bond donors (Lipinski definition) is 2. The van der Waals surface area contributed by atoms with Crippen molar-refractivity contribution >= 4 is 29.1 Å². The second-order valence-electron chi connectivity index (χ2n) is 8.15. The van der Waals surface area contributed by atoms with E-state index < -0.39 is 29.9 Å². The molecular formula is C26H25FN4O5S. The molecule has 0 bridgehead atoms. The largest absolute Gasteiger partial charge is 0.478 e. The number of nitrogens with one attached hydrogen (secondary N) is 1. The topological polar surface area (TPSA) is 113 Å². The van der Waals surface area contributed by atoms with Gasteiger partial charge in [-0.05, 0) is 24.6 Å². The van der Waals surface area contributed by atoms with E-state index in [1.807, 2.05) is 4.90 Å². The summed E-state index contributed by atoms with van der Waals surface area (Å²) in [4.78, 5) is 35.3. The molecule has 1 aromatic heterocycles. The molecule has 0 unspecified atom stereocenters. The predicted octanol–water partition coefficient (Wildman–Crippen LogP) is 2.51. The van der Waals surface area contributed by atoms with Crippen molar-refractivity contribution in [2.75, 3.05) is 32.8 Å². The number of benzene rings is 1. The van der Waals surface area contributed by atoms with Crippen LogP contribution >= 0.6 is 11.3 Å². The monoisotopic (exact) mass is 524 g/mol. The molecule has 2 aromatic rings. The number of nitrogens with zero attached hydrogens (tertiary/aromatic N) is 3. The number of carboxylic acid groups (broad SMARTS) is 1.